The molecule has 1 aromatic rings. The average molecular weight is 257 g/mol. The van der Waals surface area contributed by atoms with Crippen LogP contribution in [0.5, 0.6) is 0 Å². The van der Waals surface area contributed by atoms with Crippen molar-refractivity contribution in [3.05, 3.63) is 29.6 Å². The van der Waals surface area contributed by atoms with Gasteiger partial charge in [0, 0.05) is 11.7 Å². The lowest BCUT2D eigenvalue weighted by atomic mass is 10.1. The second-order valence-electron chi connectivity index (χ2n) is 4.56. The number of nitrogens with one attached hydrogen (secondary N) is 1. The molecule has 2 rings (SSSR count). The molecule has 1 N–H and O–H groups in total. The number of halogens is 1. The summed E-state index contributed by atoms with van der Waals surface area (Å²) in [5, 5.41) is 3.13. The highest BCUT2D eigenvalue weighted by Crippen LogP contribution is 2.21. The first-order chi connectivity index (χ1) is 7.96. The fourth-order valence-corrected chi connectivity index (χ4v) is 3.74. The molecular formula is C12H16FNO2S. The van der Waals surface area contributed by atoms with E-state index >= 15 is 0 Å². The number of aryl methyl sites for hydroxylation is 1. The van der Waals surface area contributed by atoms with Gasteiger partial charge in [0.1, 0.15) is 5.82 Å². The van der Waals surface area contributed by atoms with E-state index in [0.29, 0.717) is 12.1 Å². The predicted molar refractivity (Wildman–Crippen MR) is 66.4 cm³/mol. The number of sulfone groups is 1. The fraction of sp³-hybridized carbons (Fsp3) is 0.500. The number of hydrogen-bond donors (Lipinski definition) is 1. The summed E-state index contributed by atoms with van der Waals surface area (Å²) >= 11 is 0. The molecule has 1 aliphatic heterocycles. The van der Waals surface area contributed by atoms with Gasteiger partial charge in [-0.15, -0.1) is 0 Å². The van der Waals surface area contributed by atoms with Crippen LogP contribution in [0.2, 0.25) is 0 Å². The molecule has 0 saturated carbocycles. The van der Waals surface area contributed by atoms with Crippen LogP contribution in [-0.2, 0) is 9.84 Å². The third-order valence-electron chi connectivity index (χ3n) is 3.02. The Balaban J connectivity index is 2.13. The van der Waals surface area contributed by atoms with Gasteiger partial charge in [0.25, 0.3) is 0 Å². The van der Waals surface area contributed by atoms with Crippen LogP contribution in [0.3, 0.4) is 0 Å². The lowest BCUT2D eigenvalue weighted by Gasteiger charge is -2.24. The minimum Gasteiger partial charge on any atom is -0.381 e. The summed E-state index contributed by atoms with van der Waals surface area (Å²) in [6.45, 7) is 1.87. The van der Waals surface area contributed by atoms with Crippen molar-refractivity contribution in [2.45, 2.75) is 25.8 Å². The molecule has 5 heteroatoms. The monoisotopic (exact) mass is 257 g/mol. The van der Waals surface area contributed by atoms with E-state index in [4.69, 9.17) is 0 Å². The molecule has 0 radical (unpaired) electrons. The smallest absolute Gasteiger partial charge is 0.152 e. The second kappa shape index (κ2) is 4.64. The summed E-state index contributed by atoms with van der Waals surface area (Å²) in [5.41, 5.74) is 1.61. The van der Waals surface area contributed by atoms with Crippen molar-refractivity contribution in [1.82, 2.24) is 0 Å². The highest BCUT2D eigenvalue weighted by Gasteiger charge is 2.24. The summed E-state index contributed by atoms with van der Waals surface area (Å²) < 4.78 is 36.1. The fourth-order valence-electron chi connectivity index (χ4n) is 2.11. The maximum absolute atomic E-state index is 13.1. The van der Waals surface area contributed by atoms with Gasteiger partial charge in [-0.25, -0.2) is 12.8 Å². The van der Waals surface area contributed by atoms with E-state index in [1.165, 1.54) is 12.1 Å². The number of rotatable bonds is 2. The Kier molecular flexibility index (Phi) is 3.38. The van der Waals surface area contributed by atoms with Crippen molar-refractivity contribution < 1.29 is 12.8 Å². The predicted octanol–water partition coefficient (Wildman–Crippen LogP) is 2.12. The van der Waals surface area contributed by atoms with E-state index in [-0.39, 0.29) is 23.4 Å². The molecule has 0 amide bonds. The molecular weight excluding hydrogens is 241 g/mol. The van der Waals surface area contributed by atoms with Crippen molar-refractivity contribution in [3.8, 4) is 0 Å². The van der Waals surface area contributed by atoms with Gasteiger partial charge in [0.05, 0.1) is 11.5 Å². The lowest BCUT2D eigenvalue weighted by Crippen LogP contribution is -2.35. The van der Waals surface area contributed by atoms with Gasteiger partial charge in [-0.1, -0.05) is 6.07 Å². The standard InChI is InChI=1S/C12H16FNO2S/c1-9-4-5-10(13)7-12(9)14-11-3-2-6-17(15,16)8-11/h4-5,7,11,14H,2-3,6,8H2,1H3. The van der Waals surface area contributed by atoms with Crippen molar-refractivity contribution in [2.75, 3.05) is 16.8 Å². The van der Waals surface area contributed by atoms with E-state index in [1.807, 2.05) is 6.92 Å². The molecule has 1 unspecified atom stereocenters. The summed E-state index contributed by atoms with van der Waals surface area (Å²) in [6.07, 6.45) is 1.49. The summed E-state index contributed by atoms with van der Waals surface area (Å²) in [6, 6.07) is 4.40. The van der Waals surface area contributed by atoms with Crippen LogP contribution < -0.4 is 5.32 Å². The summed E-state index contributed by atoms with van der Waals surface area (Å²) in [5.74, 6) is 0.104. The molecule has 1 saturated heterocycles. The van der Waals surface area contributed by atoms with Crippen molar-refractivity contribution in [2.24, 2.45) is 0 Å². The molecule has 1 fully saturated rings. The minimum absolute atomic E-state index is 0.103. The zero-order valence-corrected chi connectivity index (χ0v) is 10.6. The first kappa shape index (κ1) is 12.4. The van der Waals surface area contributed by atoms with Gasteiger partial charge in [-0.05, 0) is 37.5 Å². The zero-order chi connectivity index (χ0) is 12.5. The van der Waals surface area contributed by atoms with E-state index in [2.05, 4.69) is 5.32 Å². The molecule has 1 heterocycles. The van der Waals surface area contributed by atoms with Crippen LogP contribution in [0.25, 0.3) is 0 Å². The van der Waals surface area contributed by atoms with Gasteiger partial charge in [-0.2, -0.15) is 0 Å². The number of benzene rings is 1. The van der Waals surface area contributed by atoms with Gasteiger partial charge in [0.15, 0.2) is 9.84 Å². The molecule has 3 nitrogen and oxygen atoms in total. The molecule has 0 aromatic heterocycles. The quantitative estimate of drug-likeness (QED) is 0.882. The average Bonchev–Trinajstić information content (AvgIpc) is 2.22. The molecule has 94 valence electrons. The normalized spacial score (nSPS) is 23.3. The maximum atomic E-state index is 13.1. The summed E-state index contributed by atoms with van der Waals surface area (Å²) in [7, 11) is -2.93. The molecule has 1 atom stereocenters. The van der Waals surface area contributed by atoms with E-state index in [1.54, 1.807) is 6.07 Å². The van der Waals surface area contributed by atoms with Gasteiger partial charge in [0.2, 0.25) is 0 Å². The van der Waals surface area contributed by atoms with Crippen molar-refractivity contribution in [3.63, 3.8) is 0 Å². The Morgan fingerprint density at radius 1 is 1.41 bits per heavy atom. The Hall–Kier alpha value is -1.10. The van der Waals surface area contributed by atoms with Crippen molar-refractivity contribution in [1.29, 1.82) is 0 Å². The van der Waals surface area contributed by atoms with Gasteiger partial charge < -0.3 is 5.32 Å². The molecule has 1 aliphatic rings. The van der Waals surface area contributed by atoms with Crippen molar-refractivity contribution >= 4 is 15.5 Å². The number of hydrogen-bond acceptors (Lipinski definition) is 3. The third-order valence-corrected chi connectivity index (χ3v) is 4.84. The second-order valence-corrected chi connectivity index (χ2v) is 6.79. The first-order valence-electron chi connectivity index (χ1n) is 5.69. The minimum atomic E-state index is -2.93. The molecule has 0 spiro atoms. The lowest BCUT2D eigenvalue weighted by molar-refractivity contribution is 0.561. The van der Waals surface area contributed by atoms with E-state index in [9.17, 15) is 12.8 Å². The SMILES string of the molecule is Cc1ccc(F)cc1NC1CCCS(=O)(=O)C1. The Morgan fingerprint density at radius 2 is 2.18 bits per heavy atom. The maximum Gasteiger partial charge on any atom is 0.152 e. The van der Waals surface area contributed by atoms with Crippen LogP contribution in [0.4, 0.5) is 10.1 Å². The van der Waals surface area contributed by atoms with Gasteiger partial charge in [-0.3, -0.25) is 0 Å². The zero-order valence-electron chi connectivity index (χ0n) is 9.74. The molecule has 1 aromatic carbocycles. The largest absolute Gasteiger partial charge is 0.381 e. The Morgan fingerprint density at radius 3 is 2.88 bits per heavy atom. The highest BCUT2D eigenvalue weighted by atomic mass is 32.2. The van der Waals surface area contributed by atoms with E-state index < -0.39 is 9.84 Å². The van der Waals surface area contributed by atoms with Crippen LogP contribution >= 0.6 is 0 Å². The van der Waals surface area contributed by atoms with E-state index in [0.717, 1.165) is 12.0 Å². The molecule has 0 bridgehead atoms. The third kappa shape index (κ3) is 3.19. The highest BCUT2D eigenvalue weighted by molar-refractivity contribution is 7.91. The molecule has 17 heavy (non-hydrogen) atoms. The molecule has 0 aliphatic carbocycles. The summed E-state index contributed by atoms with van der Waals surface area (Å²) in [4.78, 5) is 0. The number of anilines is 1. The Bertz CT molecular complexity index is 513. The first-order valence-corrected chi connectivity index (χ1v) is 7.51. The van der Waals surface area contributed by atoms with Crippen LogP contribution in [-0.4, -0.2) is 26.0 Å². The topological polar surface area (TPSA) is 46.2 Å². The Labute approximate surface area is 101 Å². The van der Waals surface area contributed by atoms with Crippen LogP contribution in [0.15, 0.2) is 18.2 Å². The van der Waals surface area contributed by atoms with Gasteiger partial charge >= 0.3 is 0 Å². The van der Waals surface area contributed by atoms with Crippen LogP contribution in [0, 0.1) is 12.7 Å². The van der Waals surface area contributed by atoms with Crippen LogP contribution in [0.1, 0.15) is 18.4 Å².